The Labute approximate surface area is 92.3 Å². The van der Waals surface area contributed by atoms with Crippen LogP contribution >= 0.6 is 0 Å². The van der Waals surface area contributed by atoms with E-state index >= 15 is 0 Å². The number of ether oxygens (including phenoxy) is 1. The van der Waals surface area contributed by atoms with Crippen LogP contribution in [0, 0.1) is 5.92 Å². The van der Waals surface area contributed by atoms with E-state index in [1.54, 1.807) is 0 Å². The summed E-state index contributed by atoms with van der Waals surface area (Å²) in [6.45, 7) is -0.104. The Kier molecular flexibility index (Phi) is 4.58. The number of hydrogen-bond donors (Lipinski definition) is 1. The molecule has 0 aromatic carbocycles. The van der Waals surface area contributed by atoms with Crippen molar-refractivity contribution < 1.29 is 22.7 Å². The summed E-state index contributed by atoms with van der Waals surface area (Å²) >= 11 is 0. The Bertz CT molecular complexity index is 243. The largest absolute Gasteiger partial charge is 0.391 e. The van der Waals surface area contributed by atoms with Gasteiger partial charge in [-0.1, -0.05) is 6.42 Å². The third-order valence-electron chi connectivity index (χ3n) is 2.78. The highest BCUT2D eigenvalue weighted by atomic mass is 19.4. The molecule has 0 radical (unpaired) electrons. The fraction of sp³-hybridized carbons (Fsp3) is 0.900. The zero-order chi connectivity index (χ0) is 12.2. The molecule has 1 saturated carbocycles. The minimum absolute atomic E-state index is 0.0149. The lowest BCUT2D eigenvalue weighted by Crippen LogP contribution is -2.42. The molecule has 0 aromatic heterocycles. The number of halogens is 3. The van der Waals surface area contributed by atoms with E-state index in [1.165, 1.54) is 7.11 Å². The molecule has 6 heteroatoms. The van der Waals surface area contributed by atoms with Crippen LogP contribution in [-0.2, 0) is 9.53 Å². The van der Waals surface area contributed by atoms with Gasteiger partial charge in [-0.25, -0.2) is 0 Å². The zero-order valence-corrected chi connectivity index (χ0v) is 9.14. The number of amides is 1. The van der Waals surface area contributed by atoms with Crippen molar-refractivity contribution in [3.05, 3.63) is 0 Å². The van der Waals surface area contributed by atoms with Crippen molar-refractivity contribution in [2.75, 3.05) is 13.7 Å². The Morgan fingerprint density at radius 2 is 2.12 bits per heavy atom. The van der Waals surface area contributed by atoms with E-state index in [0.717, 1.165) is 0 Å². The van der Waals surface area contributed by atoms with Crippen LogP contribution in [0.3, 0.4) is 0 Å². The average molecular weight is 239 g/mol. The van der Waals surface area contributed by atoms with Crippen LogP contribution in [0.4, 0.5) is 13.2 Å². The van der Waals surface area contributed by atoms with Crippen molar-refractivity contribution in [2.45, 2.75) is 37.9 Å². The molecular formula is C10H16F3NO2. The monoisotopic (exact) mass is 239 g/mol. The molecule has 1 rings (SSSR count). The predicted octanol–water partition coefficient (Wildman–Crippen LogP) is 1.87. The van der Waals surface area contributed by atoms with Crippen LogP contribution in [0.1, 0.15) is 25.7 Å². The van der Waals surface area contributed by atoms with Gasteiger partial charge in [0, 0.05) is 13.2 Å². The van der Waals surface area contributed by atoms with E-state index in [1.807, 2.05) is 0 Å². The number of hydrogen-bond acceptors (Lipinski definition) is 2. The van der Waals surface area contributed by atoms with Gasteiger partial charge >= 0.3 is 6.18 Å². The first-order valence-corrected chi connectivity index (χ1v) is 5.28. The van der Waals surface area contributed by atoms with Crippen LogP contribution in [0.25, 0.3) is 0 Å². The predicted molar refractivity (Wildman–Crippen MR) is 51.8 cm³/mol. The fourth-order valence-corrected chi connectivity index (χ4v) is 2.02. The molecule has 0 heterocycles. The Morgan fingerprint density at radius 1 is 1.44 bits per heavy atom. The Balaban J connectivity index is 2.42. The molecule has 0 saturated heterocycles. The van der Waals surface area contributed by atoms with E-state index in [4.69, 9.17) is 0 Å². The lowest BCUT2D eigenvalue weighted by atomic mass is 9.85. The molecule has 3 nitrogen and oxygen atoms in total. The summed E-state index contributed by atoms with van der Waals surface area (Å²) in [5, 5.41) is 2.56. The van der Waals surface area contributed by atoms with Gasteiger partial charge in [-0.15, -0.1) is 0 Å². The summed E-state index contributed by atoms with van der Waals surface area (Å²) in [5.41, 5.74) is 0. The fourth-order valence-electron chi connectivity index (χ4n) is 2.02. The molecule has 1 aliphatic carbocycles. The molecule has 2 atom stereocenters. The third kappa shape index (κ3) is 4.00. The quantitative estimate of drug-likeness (QED) is 0.816. The molecule has 0 aromatic rings. The summed E-state index contributed by atoms with van der Waals surface area (Å²) in [6.07, 6.45) is -2.88. The maximum atomic E-state index is 12.5. The normalized spacial score (nSPS) is 26.5. The molecule has 0 aliphatic heterocycles. The average Bonchev–Trinajstić information content (AvgIpc) is 2.17. The molecule has 1 amide bonds. The van der Waals surface area contributed by atoms with Crippen molar-refractivity contribution in [3.8, 4) is 0 Å². The minimum atomic E-state index is -4.15. The van der Waals surface area contributed by atoms with Crippen LogP contribution < -0.4 is 5.32 Å². The lowest BCUT2D eigenvalue weighted by Gasteiger charge is -2.30. The molecule has 1 fully saturated rings. The Hall–Kier alpha value is -0.780. The van der Waals surface area contributed by atoms with Gasteiger partial charge in [-0.05, 0) is 19.3 Å². The third-order valence-corrected chi connectivity index (χ3v) is 2.78. The second-order valence-electron chi connectivity index (χ2n) is 4.10. The van der Waals surface area contributed by atoms with E-state index in [0.29, 0.717) is 12.8 Å². The van der Waals surface area contributed by atoms with Gasteiger partial charge in [-0.2, -0.15) is 13.2 Å². The number of nitrogens with one attached hydrogen (secondary N) is 1. The summed E-state index contributed by atoms with van der Waals surface area (Å²) in [7, 11) is 1.37. The number of methoxy groups -OCH3 is 1. The Morgan fingerprint density at radius 3 is 2.69 bits per heavy atom. The first kappa shape index (κ1) is 13.3. The minimum Gasteiger partial charge on any atom is -0.375 e. The van der Waals surface area contributed by atoms with E-state index < -0.39 is 12.1 Å². The molecule has 16 heavy (non-hydrogen) atoms. The van der Waals surface area contributed by atoms with Crippen molar-refractivity contribution in [1.82, 2.24) is 5.32 Å². The van der Waals surface area contributed by atoms with Gasteiger partial charge in [0.2, 0.25) is 5.91 Å². The SMILES string of the molecule is COCC(=O)NC1CCCC(C(F)(F)F)C1. The van der Waals surface area contributed by atoms with Crippen molar-refractivity contribution in [1.29, 1.82) is 0 Å². The van der Waals surface area contributed by atoms with Crippen LogP contribution in [-0.4, -0.2) is 31.8 Å². The second kappa shape index (κ2) is 5.52. The summed E-state index contributed by atoms with van der Waals surface area (Å²) in [4.78, 5) is 11.2. The van der Waals surface area contributed by atoms with Crippen LogP contribution in [0.15, 0.2) is 0 Å². The number of alkyl halides is 3. The molecule has 0 spiro atoms. The smallest absolute Gasteiger partial charge is 0.375 e. The highest BCUT2D eigenvalue weighted by Crippen LogP contribution is 2.37. The number of rotatable bonds is 3. The van der Waals surface area contributed by atoms with E-state index in [-0.39, 0.29) is 31.4 Å². The standard InChI is InChI=1S/C10H16F3NO2/c1-16-6-9(15)14-8-4-2-3-7(5-8)10(11,12)13/h7-8H,2-6H2,1H3,(H,14,15). The van der Waals surface area contributed by atoms with Gasteiger partial charge in [0.05, 0.1) is 5.92 Å². The number of carbonyl (C=O) groups excluding carboxylic acids is 1. The first-order valence-electron chi connectivity index (χ1n) is 5.28. The van der Waals surface area contributed by atoms with Crippen molar-refractivity contribution in [3.63, 3.8) is 0 Å². The molecule has 0 bridgehead atoms. The molecule has 1 aliphatic rings. The van der Waals surface area contributed by atoms with Gasteiger partial charge in [0.25, 0.3) is 0 Å². The summed E-state index contributed by atoms with van der Waals surface area (Å²) in [5.74, 6) is -1.63. The lowest BCUT2D eigenvalue weighted by molar-refractivity contribution is -0.184. The zero-order valence-electron chi connectivity index (χ0n) is 9.14. The van der Waals surface area contributed by atoms with Crippen LogP contribution in [0.5, 0.6) is 0 Å². The van der Waals surface area contributed by atoms with Crippen LogP contribution in [0.2, 0.25) is 0 Å². The van der Waals surface area contributed by atoms with Crippen molar-refractivity contribution in [2.24, 2.45) is 5.92 Å². The number of carbonyl (C=O) groups is 1. The van der Waals surface area contributed by atoms with Gasteiger partial charge in [-0.3, -0.25) is 4.79 Å². The van der Waals surface area contributed by atoms with E-state index in [2.05, 4.69) is 10.1 Å². The maximum Gasteiger partial charge on any atom is 0.391 e. The summed E-state index contributed by atoms with van der Waals surface area (Å²) < 4.78 is 42.0. The first-order chi connectivity index (χ1) is 7.43. The molecule has 94 valence electrons. The van der Waals surface area contributed by atoms with E-state index in [9.17, 15) is 18.0 Å². The van der Waals surface area contributed by atoms with Gasteiger partial charge in [0.15, 0.2) is 0 Å². The topological polar surface area (TPSA) is 38.3 Å². The second-order valence-corrected chi connectivity index (χ2v) is 4.10. The van der Waals surface area contributed by atoms with Crippen molar-refractivity contribution >= 4 is 5.91 Å². The molecule has 2 unspecified atom stereocenters. The van der Waals surface area contributed by atoms with Gasteiger partial charge < -0.3 is 10.1 Å². The van der Waals surface area contributed by atoms with Gasteiger partial charge in [0.1, 0.15) is 6.61 Å². The highest BCUT2D eigenvalue weighted by Gasteiger charge is 2.42. The molecule has 1 N–H and O–H groups in total. The highest BCUT2D eigenvalue weighted by molar-refractivity contribution is 5.77. The molecular weight excluding hydrogens is 223 g/mol. The maximum absolute atomic E-state index is 12.5. The summed E-state index contributed by atoms with van der Waals surface area (Å²) in [6, 6.07) is -0.372.